The van der Waals surface area contributed by atoms with Crippen molar-refractivity contribution < 1.29 is 13.5 Å². The topological polar surface area (TPSA) is 91.3 Å². The number of anilines is 1. The standard InChI is InChI=1S/C24H28ClN3O3S/c1-26-13-15-3-7-18(8-4-15)28-24-19-11-16(17-6-10-22(29)20(25)12-17)5-9-21(19)27-14-23(24)32(2,30)31/h5-6,9-12,14-15,18,26,29H,3-4,7-8,13H2,1-2H3,(H,27,28). The minimum absolute atomic E-state index is 0.0217. The molecule has 0 radical (unpaired) electrons. The summed E-state index contributed by atoms with van der Waals surface area (Å²) >= 11 is 6.10. The zero-order valence-corrected chi connectivity index (χ0v) is 19.8. The van der Waals surface area contributed by atoms with Crippen molar-refractivity contribution in [1.82, 2.24) is 10.3 Å². The van der Waals surface area contributed by atoms with Gasteiger partial charge in [0.1, 0.15) is 10.6 Å². The van der Waals surface area contributed by atoms with Crippen LogP contribution in [0.2, 0.25) is 5.02 Å². The summed E-state index contributed by atoms with van der Waals surface area (Å²) in [6, 6.07) is 11.0. The van der Waals surface area contributed by atoms with Crippen LogP contribution in [0.25, 0.3) is 22.0 Å². The Hall–Kier alpha value is -2.35. The van der Waals surface area contributed by atoms with Crippen molar-refractivity contribution in [2.24, 2.45) is 5.92 Å². The Morgan fingerprint density at radius 1 is 1.09 bits per heavy atom. The maximum absolute atomic E-state index is 12.6. The van der Waals surface area contributed by atoms with Crippen LogP contribution in [-0.2, 0) is 9.84 Å². The molecule has 1 heterocycles. The normalized spacial score (nSPS) is 19.2. The highest BCUT2D eigenvalue weighted by atomic mass is 35.5. The number of sulfone groups is 1. The molecule has 0 bridgehead atoms. The Morgan fingerprint density at radius 2 is 1.78 bits per heavy atom. The van der Waals surface area contributed by atoms with E-state index in [9.17, 15) is 13.5 Å². The molecule has 170 valence electrons. The molecule has 0 spiro atoms. The van der Waals surface area contributed by atoms with Crippen LogP contribution in [0.5, 0.6) is 5.75 Å². The average molecular weight is 474 g/mol. The number of benzene rings is 2. The number of aromatic hydroxyl groups is 1. The first-order valence-corrected chi connectivity index (χ1v) is 13.1. The molecule has 0 amide bonds. The molecule has 6 nitrogen and oxygen atoms in total. The summed E-state index contributed by atoms with van der Waals surface area (Å²) in [7, 11) is -1.50. The van der Waals surface area contributed by atoms with Gasteiger partial charge in [0.25, 0.3) is 0 Å². The first-order chi connectivity index (χ1) is 15.3. The smallest absolute Gasteiger partial charge is 0.179 e. The number of fused-ring (bicyclic) bond motifs is 1. The Balaban J connectivity index is 1.76. The number of phenolic OH excluding ortho intramolecular Hbond substituents is 1. The highest BCUT2D eigenvalue weighted by Crippen LogP contribution is 2.36. The van der Waals surface area contributed by atoms with E-state index < -0.39 is 9.84 Å². The molecule has 0 unspecified atom stereocenters. The van der Waals surface area contributed by atoms with Gasteiger partial charge < -0.3 is 15.7 Å². The third-order valence-corrected chi connectivity index (χ3v) is 7.61. The van der Waals surface area contributed by atoms with Gasteiger partial charge in [-0.1, -0.05) is 23.7 Å². The lowest BCUT2D eigenvalue weighted by Gasteiger charge is -2.30. The molecule has 3 N–H and O–H groups in total. The van der Waals surface area contributed by atoms with Gasteiger partial charge >= 0.3 is 0 Å². The van der Waals surface area contributed by atoms with Gasteiger partial charge in [-0.25, -0.2) is 8.42 Å². The molecule has 8 heteroatoms. The van der Waals surface area contributed by atoms with Gasteiger partial charge in [-0.2, -0.15) is 0 Å². The summed E-state index contributed by atoms with van der Waals surface area (Å²) in [5, 5.41) is 17.6. The fourth-order valence-corrected chi connectivity index (χ4v) is 5.44. The molecule has 2 aromatic carbocycles. The fourth-order valence-electron chi connectivity index (χ4n) is 4.47. The fraction of sp³-hybridized carbons (Fsp3) is 0.375. The van der Waals surface area contributed by atoms with E-state index >= 15 is 0 Å². The van der Waals surface area contributed by atoms with Crippen molar-refractivity contribution in [2.75, 3.05) is 25.2 Å². The lowest BCUT2D eigenvalue weighted by atomic mass is 9.86. The van der Waals surface area contributed by atoms with Crippen LogP contribution in [0, 0.1) is 5.92 Å². The molecule has 1 aliphatic carbocycles. The third-order valence-electron chi connectivity index (χ3n) is 6.20. The first kappa shape index (κ1) is 22.8. The van der Waals surface area contributed by atoms with Crippen molar-refractivity contribution in [1.29, 1.82) is 0 Å². The van der Waals surface area contributed by atoms with Gasteiger partial charge in [0.2, 0.25) is 0 Å². The highest BCUT2D eigenvalue weighted by molar-refractivity contribution is 7.90. The molecule has 3 aromatic rings. The van der Waals surface area contributed by atoms with Crippen LogP contribution in [0.3, 0.4) is 0 Å². The molecule has 1 fully saturated rings. The minimum Gasteiger partial charge on any atom is -0.506 e. The van der Waals surface area contributed by atoms with E-state index in [4.69, 9.17) is 11.6 Å². The number of nitrogens with zero attached hydrogens (tertiary/aromatic N) is 1. The summed E-state index contributed by atoms with van der Waals surface area (Å²) in [5.74, 6) is 0.681. The Morgan fingerprint density at radius 3 is 2.44 bits per heavy atom. The van der Waals surface area contributed by atoms with E-state index in [-0.39, 0.29) is 21.7 Å². The molecular formula is C24H28ClN3O3S. The Kier molecular flexibility index (Phi) is 6.60. The van der Waals surface area contributed by atoms with Crippen LogP contribution in [0.15, 0.2) is 47.5 Å². The predicted octanol–water partition coefficient (Wildman–Crippen LogP) is 4.85. The second kappa shape index (κ2) is 9.25. The second-order valence-electron chi connectivity index (χ2n) is 8.59. The summed E-state index contributed by atoms with van der Waals surface area (Å²) in [4.78, 5) is 4.62. The maximum atomic E-state index is 12.6. The molecule has 0 aliphatic heterocycles. The van der Waals surface area contributed by atoms with Crippen molar-refractivity contribution in [3.8, 4) is 16.9 Å². The zero-order chi connectivity index (χ0) is 22.9. The third kappa shape index (κ3) is 4.85. The van der Waals surface area contributed by atoms with E-state index in [1.54, 1.807) is 18.2 Å². The van der Waals surface area contributed by atoms with Crippen LogP contribution in [0.1, 0.15) is 25.7 Å². The number of pyridine rings is 1. The number of aromatic nitrogens is 1. The molecule has 1 saturated carbocycles. The molecule has 32 heavy (non-hydrogen) atoms. The van der Waals surface area contributed by atoms with Crippen LogP contribution >= 0.6 is 11.6 Å². The monoisotopic (exact) mass is 473 g/mol. The van der Waals surface area contributed by atoms with Crippen LogP contribution in [-0.4, -0.2) is 44.4 Å². The van der Waals surface area contributed by atoms with E-state index in [0.717, 1.165) is 54.3 Å². The molecule has 0 atom stereocenters. The SMILES string of the molecule is CNCC1CCC(Nc2c(S(C)(=O)=O)cnc3ccc(-c4ccc(O)c(Cl)c4)cc23)CC1. The summed E-state index contributed by atoms with van der Waals surface area (Å²) in [6.45, 7) is 1.01. The maximum Gasteiger partial charge on any atom is 0.179 e. The molecule has 4 rings (SSSR count). The molecule has 1 aliphatic rings. The van der Waals surface area contributed by atoms with E-state index in [2.05, 4.69) is 15.6 Å². The van der Waals surface area contributed by atoms with Crippen LogP contribution in [0.4, 0.5) is 5.69 Å². The van der Waals surface area contributed by atoms with E-state index in [1.807, 2.05) is 25.2 Å². The Bertz CT molecular complexity index is 1240. The van der Waals surface area contributed by atoms with E-state index in [0.29, 0.717) is 11.6 Å². The number of hydrogen-bond donors (Lipinski definition) is 3. The zero-order valence-electron chi connectivity index (χ0n) is 18.2. The highest BCUT2D eigenvalue weighted by Gasteiger charge is 2.24. The van der Waals surface area contributed by atoms with Gasteiger partial charge in [0.05, 0.1) is 16.2 Å². The number of nitrogens with one attached hydrogen (secondary N) is 2. The van der Waals surface area contributed by atoms with Crippen molar-refractivity contribution in [2.45, 2.75) is 36.6 Å². The quantitative estimate of drug-likeness (QED) is 0.473. The number of rotatable bonds is 6. The number of phenols is 1. The number of hydrogen-bond acceptors (Lipinski definition) is 6. The van der Waals surface area contributed by atoms with Gasteiger partial charge in [-0.15, -0.1) is 0 Å². The first-order valence-electron chi connectivity index (χ1n) is 10.8. The van der Waals surface area contributed by atoms with Gasteiger partial charge in [-0.05, 0) is 80.6 Å². The van der Waals surface area contributed by atoms with Crippen LogP contribution < -0.4 is 10.6 Å². The molecule has 0 saturated heterocycles. The summed E-state index contributed by atoms with van der Waals surface area (Å²) in [6.07, 6.45) is 6.86. The number of halogens is 1. The largest absolute Gasteiger partial charge is 0.506 e. The Labute approximate surface area is 193 Å². The van der Waals surface area contributed by atoms with Crippen molar-refractivity contribution in [3.63, 3.8) is 0 Å². The second-order valence-corrected chi connectivity index (χ2v) is 11.0. The molecule has 1 aromatic heterocycles. The van der Waals surface area contributed by atoms with Gasteiger partial charge in [-0.3, -0.25) is 4.98 Å². The predicted molar refractivity (Wildman–Crippen MR) is 130 cm³/mol. The van der Waals surface area contributed by atoms with Gasteiger partial charge in [0, 0.05) is 23.9 Å². The van der Waals surface area contributed by atoms with Crippen molar-refractivity contribution in [3.05, 3.63) is 47.6 Å². The summed E-state index contributed by atoms with van der Waals surface area (Å²) < 4.78 is 25.2. The average Bonchev–Trinajstić information content (AvgIpc) is 2.76. The lowest BCUT2D eigenvalue weighted by Crippen LogP contribution is -2.30. The summed E-state index contributed by atoms with van der Waals surface area (Å²) in [5.41, 5.74) is 3.03. The van der Waals surface area contributed by atoms with Crippen molar-refractivity contribution >= 4 is 38.0 Å². The van der Waals surface area contributed by atoms with Gasteiger partial charge in [0.15, 0.2) is 9.84 Å². The minimum atomic E-state index is -3.47. The molecular weight excluding hydrogens is 446 g/mol. The van der Waals surface area contributed by atoms with E-state index in [1.165, 1.54) is 12.5 Å². The lowest BCUT2D eigenvalue weighted by molar-refractivity contribution is 0.331.